The van der Waals surface area contributed by atoms with Crippen LogP contribution in [0, 0.1) is 10.1 Å². The lowest BCUT2D eigenvalue weighted by Gasteiger charge is -2.25. The highest BCUT2D eigenvalue weighted by Crippen LogP contribution is 2.27. The molecule has 10 heteroatoms. The Bertz CT molecular complexity index is 679. The standard InChI is InChI=1S/C18H25N3O6.ClH/c1-12(2)27-18(23)10-15(14-5-3-4-6-16(14)21(24)25)20-17(22)9-13-11-26-8-7-19-13;/h3-6,12-13,15,19H,7-11H2,1-2H3,(H,20,22);1H. The van der Waals surface area contributed by atoms with Crippen LogP contribution < -0.4 is 10.6 Å². The normalized spacial score (nSPS) is 17.3. The van der Waals surface area contributed by atoms with E-state index >= 15 is 0 Å². The van der Waals surface area contributed by atoms with Crippen LogP contribution in [0.3, 0.4) is 0 Å². The molecule has 28 heavy (non-hydrogen) atoms. The van der Waals surface area contributed by atoms with Crippen molar-refractivity contribution in [3.05, 3.63) is 39.9 Å². The van der Waals surface area contributed by atoms with Crippen LogP contribution in [-0.4, -0.2) is 48.7 Å². The van der Waals surface area contributed by atoms with Gasteiger partial charge in [0.25, 0.3) is 5.69 Å². The van der Waals surface area contributed by atoms with E-state index in [2.05, 4.69) is 10.6 Å². The summed E-state index contributed by atoms with van der Waals surface area (Å²) < 4.78 is 10.5. The number of morpholine rings is 1. The third kappa shape index (κ3) is 7.41. The van der Waals surface area contributed by atoms with E-state index in [-0.39, 0.29) is 54.6 Å². The number of hydrogen-bond donors (Lipinski definition) is 2. The molecule has 0 spiro atoms. The first-order chi connectivity index (χ1) is 12.9. The van der Waals surface area contributed by atoms with Crippen LogP contribution in [0.5, 0.6) is 0 Å². The van der Waals surface area contributed by atoms with E-state index in [0.29, 0.717) is 19.8 Å². The van der Waals surface area contributed by atoms with Crippen molar-refractivity contribution in [2.75, 3.05) is 19.8 Å². The van der Waals surface area contributed by atoms with Gasteiger partial charge in [-0.05, 0) is 13.8 Å². The second-order valence-corrected chi connectivity index (χ2v) is 6.61. The second-order valence-electron chi connectivity index (χ2n) is 6.61. The van der Waals surface area contributed by atoms with Crippen molar-refractivity contribution in [1.82, 2.24) is 10.6 Å². The number of benzene rings is 1. The Hall–Kier alpha value is -2.23. The number of nitro groups is 1. The monoisotopic (exact) mass is 415 g/mol. The lowest BCUT2D eigenvalue weighted by atomic mass is 10.0. The van der Waals surface area contributed by atoms with E-state index in [1.807, 2.05) is 0 Å². The minimum absolute atomic E-state index is 0. The number of esters is 1. The molecule has 1 heterocycles. The summed E-state index contributed by atoms with van der Waals surface area (Å²) in [6.45, 7) is 5.10. The number of carbonyl (C=O) groups is 2. The molecule has 2 unspecified atom stereocenters. The summed E-state index contributed by atoms with van der Waals surface area (Å²) >= 11 is 0. The molecule has 1 fully saturated rings. The van der Waals surface area contributed by atoms with Gasteiger partial charge in [-0.2, -0.15) is 0 Å². The molecule has 0 aliphatic carbocycles. The summed E-state index contributed by atoms with van der Waals surface area (Å²) in [5.41, 5.74) is 0.115. The van der Waals surface area contributed by atoms with E-state index in [9.17, 15) is 19.7 Å². The second kappa shape index (κ2) is 11.6. The minimum Gasteiger partial charge on any atom is -0.463 e. The van der Waals surface area contributed by atoms with Gasteiger partial charge in [-0.25, -0.2) is 0 Å². The number of nitrogens with zero attached hydrogens (tertiary/aromatic N) is 1. The first-order valence-corrected chi connectivity index (χ1v) is 8.90. The van der Waals surface area contributed by atoms with Crippen molar-refractivity contribution in [2.24, 2.45) is 0 Å². The van der Waals surface area contributed by atoms with Gasteiger partial charge in [0.1, 0.15) is 0 Å². The van der Waals surface area contributed by atoms with Crippen LogP contribution in [-0.2, 0) is 19.1 Å². The highest BCUT2D eigenvalue weighted by atomic mass is 35.5. The highest BCUT2D eigenvalue weighted by Gasteiger charge is 2.27. The van der Waals surface area contributed by atoms with E-state index in [0.717, 1.165) is 0 Å². The average Bonchev–Trinajstić information content (AvgIpc) is 2.61. The van der Waals surface area contributed by atoms with Crippen LogP contribution in [0.25, 0.3) is 0 Å². The maximum atomic E-state index is 12.5. The van der Waals surface area contributed by atoms with Crippen molar-refractivity contribution >= 4 is 30.0 Å². The average molecular weight is 416 g/mol. The van der Waals surface area contributed by atoms with Gasteiger partial charge in [-0.1, -0.05) is 18.2 Å². The summed E-state index contributed by atoms with van der Waals surface area (Å²) in [6.07, 6.45) is -0.358. The Labute approximate surface area is 169 Å². The van der Waals surface area contributed by atoms with Crippen molar-refractivity contribution in [3.8, 4) is 0 Å². The number of rotatable bonds is 8. The van der Waals surface area contributed by atoms with Crippen LogP contribution in [0.4, 0.5) is 5.69 Å². The number of nitro benzene ring substituents is 1. The zero-order valence-electron chi connectivity index (χ0n) is 15.9. The summed E-state index contributed by atoms with van der Waals surface area (Å²) in [5.74, 6) is -0.855. The first-order valence-electron chi connectivity index (χ1n) is 8.90. The van der Waals surface area contributed by atoms with Gasteiger partial charge in [0.15, 0.2) is 0 Å². The fourth-order valence-corrected chi connectivity index (χ4v) is 2.89. The molecule has 1 aromatic carbocycles. The summed E-state index contributed by atoms with van der Waals surface area (Å²) in [4.78, 5) is 35.4. The third-order valence-electron chi connectivity index (χ3n) is 4.01. The van der Waals surface area contributed by atoms with Gasteiger partial charge in [0.05, 0.1) is 42.3 Å². The molecular formula is C18H26ClN3O6. The summed E-state index contributed by atoms with van der Waals surface area (Å²) in [6, 6.07) is 5.07. The van der Waals surface area contributed by atoms with E-state index < -0.39 is 16.9 Å². The van der Waals surface area contributed by atoms with Crippen LogP contribution >= 0.6 is 12.4 Å². The molecule has 156 valence electrons. The number of carbonyl (C=O) groups excluding carboxylic acids is 2. The summed E-state index contributed by atoms with van der Waals surface area (Å²) in [5, 5.41) is 17.3. The number of amides is 1. The smallest absolute Gasteiger partial charge is 0.308 e. The van der Waals surface area contributed by atoms with Crippen LogP contribution in [0.2, 0.25) is 0 Å². The molecule has 9 nitrogen and oxygen atoms in total. The van der Waals surface area contributed by atoms with Gasteiger partial charge >= 0.3 is 5.97 Å². The predicted octanol–water partition coefficient (Wildman–Crippen LogP) is 1.89. The van der Waals surface area contributed by atoms with Gasteiger partial charge in [-0.15, -0.1) is 12.4 Å². The quantitative estimate of drug-likeness (QED) is 0.378. The molecule has 0 radical (unpaired) electrons. The fraction of sp³-hybridized carbons (Fsp3) is 0.556. The predicted molar refractivity (Wildman–Crippen MR) is 104 cm³/mol. The number of para-hydroxylation sites is 1. The first kappa shape index (κ1) is 23.8. The van der Waals surface area contributed by atoms with Crippen molar-refractivity contribution in [2.45, 2.75) is 44.9 Å². The highest BCUT2D eigenvalue weighted by molar-refractivity contribution is 5.85. The maximum absolute atomic E-state index is 12.5. The van der Waals surface area contributed by atoms with Crippen LogP contribution in [0.1, 0.15) is 38.3 Å². The molecule has 0 saturated carbocycles. The fourth-order valence-electron chi connectivity index (χ4n) is 2.89. The Kier molecular flexibility index (Phi) is 9.84. The largest absolute Gasteiger partial charge is 0.463 e. The number of ether oxygens (including phenoxy) is 2. The maximum Gasteiger partial charge on any atom is 0.308 e. The molecule has 0 aromatic heterocycles. The number of hydrogen-bond acceptors (Lipinski definition) is 7. The van der Waals surface area contributed by atoms with Gasteiger partial charge in [0.2, 0.25) is 5.91 Å². The Morgan fingerprint density at radius 3 is 2.71 bits per heavy atom. The van der Waals surface area contributed by atoms with E-state index in [4.69, 9.17) is 9.47 Å². The number of halogens is 1. The van der Waals surface area contributed by atoms with Crippen molar-refractivity contribution in [1.29, 1.82) is 0 Å². The SMILES string of the molecule is CC(C)OC(=O)CC(NC(=O)CC1COCCN1)c1ccccc1[N+](=O)[O-].Cl. The van der Waals surface area contributed by atoms with E-state index in [1.165, 1.54) is 18.2 Å². The zero-order chi connectivity index (χ0) is 19.8. The Morgan fingerprint density at radius 2 is 2.11 bits per heavy atom. The van der Waals surface area contributed by atoms with Gasteiger partial charge in [-0.3, -0.25) is 19.7 Å². The zero-order valence-corrected chi connectivity index (χ0v) is 16.7. The molecule has 1 aromatic rings. The Morgan fingerprint density at radius 1 is 1.39 bits per heavy atom. The van der Waals surface area contributed by atoms with Gasteiger partial charge in [0, 0.05) is 25.1 Å². The van der Waals surface area contributed by atoms with Gasteiger partial charge < -0.3 is 20.1 Å². The van der Waals surface area contributed by atoms with Crippen molar-refractivity contribution in [3.63, 3.8) is 0 Å². The molecular weight excluding hydrogens is 390 g/mol. The lowest BCUT2D eigenvalue weighted by Crippen LogP contribution is -2.44. The molecule has 1 aliphatic rings. The Balaban J connectivity index is 0.00000392. The molecule has 2 atom stereocenters. The topological polar surface area (TPSA) is 120 Å². The molecule has 1 aliphatic heterocycles. The molecule has 1 saturated heterocycles. The number of nitrogens with one attached hydrogen (secondary N) is 2. The molecule has 0 bridgehead atoms. The van der Waals surface area contributed by atoms with Crippen molar-refractivity contribution < 1.29 is 24.0 Å². The minimum atomic E-state index is -0.852. The third-order valence-corrected chi connectivity index (χ3v) is 4.01. The van der Waals surface area contributed by atoms with E-state index in [1.54, 1.807) is 19.9 Å². The van der Waals surface area contributed by atoms with Crippen LogP contribution in [0.15, 0.2) is 24.3 Å². The molecule has 1 amide bonds. The lowest BCUT2D eigenvalue weighted by molar-refractivity contribution is -0.385. The summed E-state index contributed by atoms with van der Waals surface area (Å²) in [7, 11) is 0. The molecule has 2 rings (SSSR count). The molecule has 2 N–H and O–H groups in total.